The van der Waals surface area contributed by atoms with Crippen LogP contribution in [0.25, 0.3) is 22.4 Å². The number of carbonyl (C=O) groups is 1. The molecule has 0 saturated heterocycles. The lowest BCUT2D eigenvalue weighted by atomic mass is 9.97. The van der Waals surface area contributed by atoms with Gasteiger partial charge in [-0.1, -0.05) is 56.6 Å². The van der Waals surface area contributed by atoms with Crippen LogP contribution in [-0.2, 0) is 0 Å². The molecule has 204 valence electrons. The number of nitro benzene ring substituents is 1. The van der Waals surface area contributed by atoms with Gasteiger partial charge in [0.05, 0.1) is 19.8 Å². The Morgan fingerprint density at radius 1 is 1.10 bits per heavy atom. The maximum absolute atomic E-state index is 13.1. The summed E-state index contributed by atoms with van der Waals surface area (Å²) in [5.74, 6) is 0.172. The number of amides is 1. The number of rotatable bonds is 7. The molecule has 0 bridgehead atoms. The summed E-state index contributed by atoms with van der Waals surface area (Å²) in [4.78, 5) is 29.1. The van der Waals surface area contributed by atoms with Crippen LogP contribution in [0.4, 0.5) is 11.5 Å². The lowest BCUT2D eigenvalue weighted by molar-refractivity contribution is -0.384. The number of benzene rings is 2. The van der Waals surface area contributed by atoms with E-state index in [4.69, 9.17) is 21.0 Å². The second kappa shape index (κ2) is 11.2. The first-order valence-electron chi connectivity index (χ1n) is 12.4. The molecule has 2 aromatic carbocycles. The maximum Gasteiger partial charge on any atom is 0.270 e. The van der Waals surface area contributed by atoms with Gasteiger partial charge < -0.3 is 9.74 Å². The standard InChI is InChI=1S/C29H27ClN4O4SSi/c1-29(2,3)40(4,5)38-24-12-7-6-11-20(24)23-16-21(18-9-8-10-19(15-18)34(36)37)22(17-31)27(32-23)33-28(35)25-13-14-26(30)39-25/h6-16H,1-5H3,(H,32,33,35). The number of para-hydroxylation sites is 1. The van der Waals surface area contributed by atoms with Gasteiger partial charge in [-0.15, -0.1) is 11.3 Å². The second-order valence-corrected chi connectivity index (χ2v) is 17.1. The highest BCUT2D eigenvalue weighted by Crippen LogP contribution is 2.41. The molecular weight excluding hydrogens is 564 g/mol. The average molecular weight is 591 g/mol. The minimum atomic E-state index is -2.24. The van der Waals surface area contributed by atoms with Crippen LogP contribution in [0.1, 0.15) is 36.0 Å². The Kier molecular flexibility index (Phi) is 8.12. The minimum absolute atomic E-state index is 0.0261. The molecule has 0 fully saturated rings. The quantitative estimate of drug-likeness (QED) is 0.131. The first-order valence-corrected chi connectivity index (χ1v) is 16.5. The smallest absolute Gasteiger partial charge is 0.270 e. The van der Waals surface area contributed by atoms with E-state index in [0.717, 1.165) is 11.3 Å². The molecule has 2 heterocycles. The Balaban J connectivity index is 1.93. The summed E-state index contributed by atoms with van der Waals surface area (Å²) in [6, 6.07) is 20.5. The normalized spacial score (nSPS) is 11.5. The average Bonchev–Trinajstić information content (AvgIpc) is 3.34. The number of non-ortho nitro benzene ring substituents is 1. The second-order valence-electron chi connectivity index (χ2n) is 10.6. The van der Waals surface area contributed by atoms with Crippen molar-refractivity contribution in [2.75, 3.05) is 5.32 Å². The van der Waals surface area contributed by atoms with E-state index in [9.17, 15) is 20.2 Å². The van der Waals surface area contributed by atoms with Crippen molar-refractivity contribution < 1.29 is 14.1 Å². The number of carbonyl (C=O) groups excluding carboxylic acids is 1. The monoisotopic (exact) mass is 590 g/mol. The summed E-state index contributed by atoms with van der Waals surface area (Å²) in [6.45, 7) is 10.7. The highest BCUT2D eigenvalue weighted by molar-refractivity contribution is 7.18. The number of hydrogen-bond acceptors (Lipinski definition) is 7. The third kappa shape index (κ3) is 6.07. The molecule has 2 aromatic heterocycles. The Morgan fingerprint density at radius 3 is 2.45 bits per heavy atom. The summed E-state index contributed by atoms with van der Waals surface area (Å²) >= 11 is 7.12. The summed E-state index contributed by atoms with van der Waals surface area (Å²) in [7, 11) is -2.24. The van der Waals surface area contributed by atoms with Crippen molar-refractivity contribution in [2.24, 2.45) is 0 Å². The Morgan fingerprint density at radius 2 is 1.82 bits per heavy atom. The van der Waals surface area contributed by atoms with Gasteiger partial charge >= 0.3 is 0 Å². The number of nitriles is 1. The molecular formula is C29H27ClN4O4SSi. The molecule has 0 radical (unpaired) electrons. The summed E-state index contributed by atoms with van der Waals surface area (Å²) < 4.78 is 7.09. The number of nitrogens with one attached hydrogen (secondary N) is 1. The molecule has 0 aliphatic rings. The van der Waals surface area contributed by atoms with E-state index >= 15 is 0 Å². The van der Waals surface area contributed by atoms with Crippen molar-refractivity contribution in [2.45, 2.75) is 38.9 Å². The zero-order chi connectivity index (χ0) is 29.2. The highest BCUT2D eigenvalue weighted by atomic mass is 35.5. The topological polar surface area (TPSA) is 118 Å². The van der Waals surface area contributed by atoms with Gasteiger partial charge in [-0.2, -0.15) is 5.26 Å². The Labute approximate surface area is 242 Å². The Bertz CT molecular complexity index is 1660. The van der Waals surface area contributed by atoms with E-state index in [1.807, 2.05) is 24.3 Å². The molecule has 0 saturated carbocycles. The SMILES string of the molecule is CC(C)(C)[Si](C)(C)Oc1ccccc1-c1cc(-c2cccc([N+](=O)[O-])c2)c(C#N)c(NC(=O)c2ccc(Cl)s2)n1. The molecule has 40 heavy (non-hydrogen) atoms. The van der Waals surface area contributed by atoms with Crippen LogP contribution in [0.2, 0.25) is 22.5 Å². The number of anilines is 1. The largest absolute Gasteiger partial charge is 0.543 e. The van der Waals surface area contributed by atoms with Crippen molar-refractivity contribution in [3.05, 3.63) is 91.6 Å². The van der Waals surface area contributed by atoms with Crippen molar-refractivity contribution in [3.8, 4) is 34.2 Å². The van der Waals surface area contributed by atoms with Crippen molar-refractivity contribution in [3.63, 3.8) is 0 Å². The van der Waals surface area contributed by atoms with Gasteiger partial charge in [0.15, 0.2) is 5.82 Å². The number of hydrogen-bond donors (Lipinski definition) is 1. The molecule has 0 aliphatic heterocycles. The molecule has 0 unspecified atom stereocenters. The summed E-state index contributed by atoms with van der Waals surface area (Å²) in [6.07, 6.45) is 0. The van der Waals surface area contributed by atoms with Crippen LogP contribution in [0.3, 0.4) is 0 Å². The fourth-order valence-electron chi connectivity index (χ4n) is 3.70. The van der Waals surface area contributed by atoms with Gasteiger partial charge in [-0.05, 0) is 54.0 Å². The van der Waals surface area contributed by atoms with Crippen molar-refractivity contribution in [1.29, 1.82) is 5.26 Å². The van der Waals surface area contributed by atoms with Crippen LogP contribution in [0.5, 0.6) is 5.75 Å². The van der Waals surface area contributed by atoms with Gasteiger partial charge in [0.1, 0.15) is 17.4 Å². The molecule has 0 aliphatic carbocycles. The number of nitro groups is 1. The zero-order valence-corrected chi connectivity index (χ0v) is 25.2. The van der Waals surface area contributed by atoms with E-state index in [1.54, 1.807) is 30.3 Å². The van der Waals surface area contributed by atoms with Crippen LogP contribution in [0, 0.1) is 21.4 Å². The Hall–Kier alpha value is -4.04. The van der Waals surface area contributed by atoms with Gasteiger partial charge in [-0.25, -0.2) is 4.98 Å². The number of pyridine rings is 1. The van der Waals surface area contributed by atoms with Gasteiger partial charge in [0.25, 0.3) is 19.9 Å². The van der Waals surface area contributed by atoms with Crippen molar-refractivity contribution in [1.82, 2.24) is 4.98 Å². The van der Waals surface area contributed by atoms with Crippen LogP contribution in [-0.4, -0.2) is 24.1 Å². The van der Waals surface area contributed by atoms with Gasteiger partial charge in [0.2, 0.25) is 0 Å². The number of aromatic nitrogens is 1. The predicted molar refractivity (Wildman–Crippen MR) is 162 cm³/mol. The molecule has 1 N–H and O–H groups in total. The lowest BCUT2D eigenvalue weighted by Gasteiger charge is -2.37. The lowest BCUT2D eigenvalue weighted by Crippen LogP contribution is -2.44. The molecule has 8 nitrogen and oxygen atoms in total. The fraction of sp³-hybridized carbons (Fsp3) is 0.207. The van der Waals surface area contributed by atoms with Crippen molar-refractivity contribution >= 4 is 48.7 Å². The zero-order valence-electron chi connectivity index (χ0n) is 22.6. The number of halogens is 1. The first-order chi connectivity index (χ1) is 18.8. The number of thiophene rings is 1. The van der Waals surface area contributed by atoms with E-state index in [-0.39, 0.29) is 22.1 Å². The van der Waals surface area contributed by atoms with E-state index < -0.39 is 19.1 Å². The molecule has 0 atom stereocenters. The maximum atomic E-state index is 13.1. The summed E-state index contributed by atoms with van der Waals surface area (Å²) in [5, 5.41) is 24.4. The van der Waals surface area contributed by atoms with E-state index in [0.29, 0.717) is 37.3 Å². The first kappa shape index (κ1) is 29.0. The molecule has 4 rings (SSSR count). The molecule has 1 amide bonds. The molecule has 11 heteroatoms. The van der Waals surface area contributed by atoms with Crippen LogP contribution in [0.15, 0.2) is 66.7 Å². The summed E-state index contributed by atoms with van der Waals surface area (Å²) in [5.41, 5.74) is 1.88. The molecule has 4 aromatic rings. The van der Waals surface area contributed by atoms with E-state index in [2.05, 4.69) is 45.3 Å². The third-order valence-electron chi connectivity index (χ3n) is 6.86. The predicted octanol–water partition coefficient (Wildman–Crippen LogP) is 8.55. The third-order valence-corrected chi connectivity index (χ3v) is 12.4. The van der Waals surface area contributed by atoms with Gasteiger partial charge in [0, 0.05) is 23.3 Å². The number of nitrogens with zero attached hydrogens (tertiary/aromatic N) is 3. The van der Waals surface area contributed by atoms with Crippen LogP contribution >= 0.6 is 22.9 Å². The highest BCUT2D eigenvalue weighted by Gasteiger charge is 2.39. The fourth-order valence-corrected chi connectivity index (χ4v) is 5.67. The van der Waals surface area contributed by atoms with Crippen LogP contribution < -0.4 is 9.74 Å². The van der Waals surface area contributed by atoms with Gasteiger partial charge in [-0.3, -0.25) is 14.9 Å². The molecule has 0 spiro atoms. The minimum Gasteiger partial charge on any atom is -0.543 e. The van der Waals surface area contributed by atoms with E-state index in [1.165, 1.54) is 12.1 Å².